The van der Waals surface area contributed by atoms with E-state index in [1.165, 1.54) is 44.1 Å². The normalized spacial score (nSPS) is 13.1. The Bertz CT molecular complexity index is 3500. The fourth-order valence-electron chi connectivity index (χ4n) is 10.3. The molecule has 2 aromatic heterocycles. The molecule has 1 aliphatic carbocycles. The fraction of sp³-hybridized carbons (Fsp3) is 0.0167. The van der Waals surface area contributed by atoms with Crippen molar-refractivity contribution in [3.8, 4) is 73.5 Å². The lowest BCUT2D eigenvalue weighted by molar-refractivity contribution is 0.360. The first-order chi connectivity index (χ1) is 31.7. The van der Waals surface area contributed by atoms with E-state index in [9.17, 15) is 0 Å². The Labute approximate surface area is 370 Å². The number of aromatic nitrogens is 2. The molecule has 2 aliphatic rings. The maximum atomic E-state index is 7.10. The average Bonchev–Trinajstić information content (AvgIpc) is 3.86. The second-order valence-corrected chi connectivity index (χ2v) is 16.6. The first-order valence-electron chi connectivity index (χ1n) is 21.8. The van der Waals surface area contributed by atoms with Crippen LogP contribution in [-0.2, 0) is 5.41 Å². The Balaban J connectivity index is 0.944. The molecule has 0 amide bonds. The highest BCUT2D eigenvalue weighted by atomic mass is 16.6. The number of nitrogens with zero attached hydrogens (tertiary/aromatic N) is 2. The van der Waals surface area contributed by atoms with Crippen LogP contribution >= 0.6 is 0 Å². The third-order valence-corrected chi connectivity index (χ3v) is 13.1. The van der Waals surface area contributed by atoms with Gasteiger partial charge in [0.1, 0.15) is 0 Å². The molecule has 0 atom stereocenters. The monoisotopic (exact) mass is 818 g/mol. The summed E-state index contributed by atoms with van der Waals surface area (Å²) in [5.74, 6) is 2.64. The van der Waals surface area contributed by atoms with Crippen LogP contribution in [0.3, 0.4) is 0 Å². The minimum atomic E-state index is -0.565. The molecule has 11 aromatic rings. The molecule has 3 heterocycles. The topological polar surface area (TPSA) is 36.3 Å². The quantitative estimate of drug-likeness (QED) is 0.168. The summed E-state index contributed by atoms with van der Waals surface area (Å²) in [4.78, 5) is 5.40. The molecule has 0 bridgehead atoms. The van der Waals surface area contributed by atoms with Gasteiger partial charge in [0.05, 0.1) is 27.8 Å². The maximum absolute atomic E-state index is 7.10. The first kappa shape index (κ1) is 36.2. The maximum Gasteiger partial charge on any atom is 0.179 e. The van der Waals surface area contributed by atoms with Crippen molar-refractivity contribution in [2.75, 3.05) is 0 Å². The van der Waals surface area contributed by atoms with E-state index in [1.807, 2.05) is 12.1 Å². The highest BCUT2D eigenvalue weighted by Crippen LogP contribution is 2.60. The summed E-state index contributed by atoms with van der Waals surface area (Å²) in [6, 6.07) is 81.7. The molecule has 64 heavy (non-hydrogen) atoms. The lowest BCUT2D eigenvalue weighted by atomic mass is 9.67. The number of pyridine rings is 1. The van der Waals surface area contributed by atoms with E-state index in [0.717, 1.165) is 50.5 Å². The molecule has 0 spiro atoms. The molecule has 4 heteroatoms. The second-order valence-electron chi connectivity index (χ2n) is 16.6. The van der Waals surface area contributed by atoms with E-state index in [1.54, 1.807) is 0 Å². The van der Waals surface area contributed by atoms with Crippen molar-refractivity contribution in [3.63, 3.8) is 0 Å². The van der Waals surface area contributed by atoms with Gasteiger partial charge in [-0.3, -0.25) is 0 Å². The summed E-state index contributed by atoms with van der Waals surface area (Å²) in [5, 5.41) is 2.48. The number of rotatable bonds is 6. The second kappa shape index (κ2) is 14.3. The number of hydrogen-bond acceptors (Lipinski definition) is 3. The molecule has 0 N–H and O–H groups in total. The van der Waals surface area contributed by atoms with Gasteiger partial charge in [0.2, 0.25) is 0 Å². The van der Waals surface area contributed by atoms with Crippen molar-refractivity contribution in [1.82, 2.24) is 9.55 Å². The highest BCUT2D eigenvalue weighted by molar-refractivity contribution is 6.09. The Morgan fingerprint density at radius 1 is 0.359 bits per heavy atom. The van der Waals surface area contributed by atoms with Crippen LogP contribution in [-0.4, -0.2) is 9.55 Å². The molecule has 0 radical (unpaired) electrons. The highest BCUT2D eigenvalue weighted by Gasteiger charge is 2.47. The van der Waals surface area contributed by atoms with Crippen molar-refractivity contribution >= 4 is 21.8 Å². The molecule has 0 unspecified atom stereocenters. The summed E-state index contributed by atoms with van der Waals surface area (Å²) in [5.41, 5.74) is 15.7. The number of fused-ring (bicyclic) bond motifs is 8. The first-order valence-corrected chi connectivity index (χ1v) is 21.8. The lowest BCUT2D eigenvalue weighted by Crippen LogP contribution is -2.28. The minimum Gasteiger partial charge on any atom is -0.449 e. The smallest absolute Gasteiger partial charge is 0.179 e. The molecular weight excluding hydrogens is 781 g/mol. The Morgan fingerprint density at radius 3 is 1.64 bits per heavy atom. The Morgan fingerprint density at radius 2 is 0.938 bits per heavy atom. The number of benzene rings is 9. The Hall–Kier alpha value is -8.47. The van der Waals surface area contributed by atoms with Crippen molar-refractivity contribution in [1.29, 1.82) is 0 Å². The van der Waals surface area contributed by atoms with Crippen molar-refractivity contribution < 1.29 is 9.47 Å². The third-order valence-electron chi connectivity index (χ3n) is 13.1. The SMILES string of the molecule is c1ccc(-c2cc(-c3ccc(-n4c5ccccc5c5ccccc54)cc3)nc(-c3cccc4c3Oc3cc5c(cc3O4)-c3ccccc3C5(c3ccccc3)c3ccccc3)c2)cc1. The molecule has 0 saturated carbocycles. The van der Waals surface area contributed by atoms with Gasteiger partial charge in [0, 0.05) is 27.6 Å². The van der Waals surface area contributed by atoms with Crippen molar-refractivity contribution in [2.45, 2.75) is 5.41 Å². The molecule has 1 aliphatic heterocycles. The van der Waals surface area contributed by atoms with Crippen LogP contribution in [0.1, 0.15) is 22.3 Å². The van der Waals surface area contributed by atoms with Gasteiger partial charge < -0.3 is 14.0 Å². The number of hydrogen-bond donors (Lipinski definition) is 0. The van der Waals surface area contributed by atoms with E-state index in [2.05, 4.69) is 223 Å². The fourth-order valence-corrected chi connectivity index (χ4v) is 10.3. The van der Waals surface area contributed by atoms with E-state index in [-0.39, 0.29) is 0 Å². The van der Waals surface area contributed by atoms with Gasteiger partial charge in [-0.2, -0.15) is 0 Å². The van der Waals surface area contributed by atoms with Crippen molar-refractivity contribution in [2.24, 2.45) is 0 Å². The van der Waals surface area contributed by atoms with Crippen LogP contribution in [0.25, 0.3) is 72.3 Å². The lowest BCUT2D eigenvalue weighted by Gasteiger charge is -2.34. The van der Waals surface area contributed by atoms with Crippen LogP contribution in [0, 0.1) is 0 Å². The van der Waals surface area contributed by atoms with Crippen LogP contribution in [0.15, 0.2) is 231 Å². The van der Waals surface area contributed by atoms with Crippen LogP contribution in [0.5, 0.6) is 23.0 Å². The van der Waals surface area contributed by atoms with Gasteiger partial charge in [-0.05, 0) is 105 Å². The van der Waals surface area contributed by atoms with Crippen LogP contribution in [0.2, 0.25) is 0 Å². The van der Waals surface area contributed by atoms with Crippen LogP contribution < -0.4 is 9.47 Å². The van der Waals surface area contributed by atoms with Gasteiger partial charge >= 0.3 is 0 Å². The minimum absolute atomic E-state index is 0.565. The van der Waals surface area contributed by atoms with E-state index < -0.39 is 5.41 Å². The van der Waals surface area contributed by atoms with E-state index in [0.29, 0.717) is 23.0 Å². The molecule has 4 nitrogen and oxygen atoms in total. The third kappa shape index (κ3) is 5.46. The molecule has 9 aromatic carbocycles. The molecule has 0 saturated heterocycles. The summed E-state index contributed by atoms with van der Waals surface area (Å²) < 4.78 is 16.3. The Kier molecular flexibility index (Phi) is 8.09. The van der Waals surface area contributed by atoms with Gasteiger partial charge in [0.25, 0.3) is 0 Å². The average molecular weight is 819 g/mol. The summed E-state index contributed by atoms with van der Waals surface area (Å²) >= 11 is 0. The number of para-hydroxylation sites is 3. The van der Waals surface area contributed by atoms with Crippen LogP contribution in [0.4, 0.5) is 0 Å². The zero-order valence-corrected chi connectivity index (χ0v) is 34.7. The zero-order valence-electron chi connectivity index (χ0n) is 34.7. The van der Waals surface area contributed by atoms with Gasteiger partial charge in [-0.1, -0.05) is 170 Å². The molecule has 0 fully saturated rings. The number of ether oxygens (including phenoxy) is 2. The standard InChI is InChI=1S/C60H38N2O2/c1-4-17-39(18-5-1)41-35-52(40-31-33-44(34-32-40)62-54-28-14-11-24-46(54)47-25-12-15-29-55(47)62)61-53(36-41)48-26-16-30-56-59(48)64-58-38-51-49(37-57(58)63-56)45-23-10-13-27-50(45)60(51,42-19-6-2-7-20-42)43-21-8-3-9-22-43/h1-38H. The molecule has 300 valence electrons. The summed E-state index contributed by atoms with van der Waals surface area (Å²) in [7, 11) is 0. The van der Waals surface area contributed by atoms with Gasteiger partial charge in [0.15, 0.2) is 23.0 Å². The predicted octanol–water partition coefficient (Wildman–Crippen LogP) is 15.4. The van der Waals surface area contributed by atoms with E-state index >= 15 is 0 Å². The van der Waals surface area contributed by atoms with Gasteiger partial charge in [-0.25, -0.2) is 4.98 Å². The molecular formula is C60H38N2O2. The van der Waals surface area contributed by atoms with Crippen molar-refractivity contribution in [3.05, 3.63) is 253 Å². The van der Waals surface area contributed by atoms with Gasteiger partial charge in [-0.15, -0.1) is 0 Å². The largest absolute Gasteiger partial charge is 0.449 e. The zero-order chi connectivity index (χ0) is 42.2. The van der Waals surface area contributed by atoms with E-state index in [4.69, 9.17) is 14.5 Å². The molecule has 13 rings (SSSR count). The summed E-state index contributed by atoms with van der Waals surface area (Å²) in [6.07, 6.45) is 0. The predicted molar refractivity (Wildman–Crippen MR) is 259 cm³/mol. The summed E-state index contributed by atoms with van der Waals surface area (Å²) in [6.45, 7) is 0.